The summed E-state index contributed by atoms with van der Waals surface area (Å²) in [6.45, 7) is 0. The predicted molar refractivity (Wildman–Crippen MR) is 109 cm³/mol. The molecule has 0 nitrogen and oxygen atoms in total. The minimum absolute atomic E-state index is 1.13. The largest absolute Gasteiger partial charge is 0.0720 e. The smallest absolute Gasteiger partial charge is 0.0632 e. The van der Waals surface area contributed by atoms with Gasteiger partial charge in [-0.05, 0) is 22.3 Å². The lowest BCUT2D eigenvalue weighted by atomic mass is 10.1. The molecule has 0 aromatic heterocycles. The van der Waals surface area contributed by atoms with Gasteiger partial charge in [0.05, 0.1) is 10.2 Å². The van der Waals surface area contributed by atoms with Crippen LogP contribution in [-0.2, 0) is 0 Å². The van der Waals surface area contributed by atoms with Gasteiger partial charge in [0.2, 0.25) is 0 Å². The maximum atomic E-state index is 3.58. The Hall–Kier alpha value is -2.90. The molecular formula is C24H19Si. The Morgan fingerprint density at radius 1 is 0.360 bits per heavy atom. The lowest BCUT2D eigenvalue weighted by Crippen LogP contribution is -2.04. The molecule has 0 spiro atoms. The minimum Gasteiger partial charge on any atom is -0.0632 e. The molecule has 4 aromatic rings. The van der Waals surface area contributed by atoms with E-state index < -0.39 is 0 Å². The highest BCUT2D eigenvalue weighted by atomic mass is 28.1. The zero-order valence-corrected chi connectivity index (χ0v) is 15.0. The SMILES string of the molecule is [Si]c1ccccc1-c1ccccc1.c1ccc(-c2ccccc2)cc1. The molecule has 0 saturated carbocycles. The van der Waals surface area contributed by atoms with Gasteiger partial charge in [-0.2, -0.15) is 0 Å². The standard InChI is InChI=1S/C12H9Si.C12H10/c13-12-9-5-4-8-11(12)10-6-2-1-3-7-10;1-3-7-11(8-4-1)12-9-5-2-6-10-12/h1-9H;1-10H. The van der Waals surface area contributed by atoms with Gasteiger partial charge in [0.25, 0.3) is 0 Å². The van der Waals surface area contributed by atoms with E-state index in [-0.39, 0.29) is 0 Å². The molecule has 0 aliphatic rings. The van der Waals surface area contributed by atoms with Crippen LogP contribution in [0.3, 0.4) is 0 Å². The Bertz CT molecular complexity index is 847. The van der Waals surface area contributed by atoms with Gasteiger partial charge in [-0.1, -0.05) is 120 Å². The Morgan fingerprint density at radius 2 is 0.720 bits per heavy atom. The first-order chi connectivity index (χ1) is 12.3. The lowest BCUT2D eigenvalue weighted by Gasteiger charge is -2.04. The summed E-state index contributed by atoms with van der Waals surface area (Å²) in [5.41, 5.74) is 5.03. The van der Waals surface area contributed by atoms with Crippen molar-refractivity contribution in [3.8, 4) is 22.3 Å². The van der Waals surface area contributed by atoms with Crippen molar-refractivity contribution in [3.63, 3.8) is 0 Å². The van der Waals surface area contributed by atoms with Crippen molar-refractivity contribution in [3.05, 3.63) is 115 Å². The fraction of sp³-hybridized carbons (Fsp3) is 0. The number of rotatable bonds is 2. The average Bonchev–Trinajstić information content (AvgIpc) is 2.71. The molecule has 0 unspecified atom stereocenters. The van der Waals surface area contributed by atoms with Gasteiger partial charge in [-0.15, -0.1) is 0 Å². The summed E-state index contributed by atoms with van der Waals surface area (Å²) in [5.74, 6) is 0. The first-order valence-corrected chi connectivity index (χ1v) is 8.81. The zero-order valence-electron chi connectivity index (χ0n) is 14.0. The molecule has 25 heavy (non-hydrogen) atoms. The molecule has 0 saturated heterocycles. The summed E-state index contributed by atoms with van der Waals surface area (Å²) >= 11 is 0. The summed E-state index contributed by atoms with van der Waals surface area (Å²) in [7, 11) is 3.58. The normalized spacial score (nSPS) is 9.80. The first-order valence-electron chi connectivity index (χ1n) is 8.31. The third-order valence-corrected chi connectivity index (χ3v) is 4.33. The fourth-order valence-electron chi connectivity index (χ4n) is 2.61. The monoisotopic (exact) mass is 335 g/mol. The molecule has 0 atom stereocenters. The molecule has 119 valence electrons. The zero-order chi connectivity index (χ0) is 17.3. The molecule has 4 aromatic carbocycles. The van der Waals surface area contributed by atoms with Crippen LogP contribution in [0.1, 0.15) is 0 Å². The van der Waals surface area contributed by atoms with Crippen LogP contribution in [0.15, 0.2) is 115 Å². The third kappa shape index (κ3) is 4.79. The molecule has 0 bridgehead atoms. The van der Waals surface area contributed by atoms with Crippen LogP contribution >= 0.6 is 0 Å². The first kappa shape index (κ1) is 16.9. The second kappa shape index (κ2) is 8.81. The molecule has 1 heteroatoms. The van der Waals surface area contributed by atoms with E-state index in [0.717, 1.165) is 5.19 Å². The number of hydrogen-bond acceptors (Lipinski definition) is 0. The van der Waals surface area contributed by atoms with E-state index in [1.807, 2.05) is 42.5 Å². The average molecular weight is 336 g/mol. The van der Waals surface area contributed by atoms with E-state index in [1.54, 1.807) is 0 Å². The van der Waals surface area contributed by atoms with Crippen molar-refractivity contribution in [2.75, 3.05) is 0 Å². The Balaban J connectivity index is 0.000000146. The molecule has 0 aliphatic heterocycles. The van der Waals surface area contributed by atoms with Crippen LogP contribution in [-0.4, -0.2) is 10.2 Å². The maximum Gasteiger partial charge on any atom is 0.0720 e. The quantitative estimate of drug-likeness (QED) is 0.424. The maximum absolute atomic E-state index is 3.58. The summed E-state index contributed by atoms with van der Waals surface area (Å²) in [4.78, 5) is 0. The molecule has 0 N–H and O–H groups in total. The summed E-state index contributed by atoms with van der Waals surface area (Å²) in [6, 6.07) is 39.4. The van der Waals surface area contributed by atoms with Crippen LogP contribution < -0.4 is 5.19 Å². The highest BCUT2D eigenvalue weighted by Gasteiger charge is 1.97. The third-order valence-electron chi connectivity index (χ3n) is 3.89. The van der Waals surface area contributed by atoms with Crippen molar-refractivity contribution < 1.29 is 0 Å². The van der Waals surface area contributed by atoms with E-state index >= 15 is 0 Å². The van der Waals surface area contributed by atoms with Gasteiger partial charge in [0.15, 0.2) is 0 Å². The van der Waals surface area contributed by atoms with E-state index in [2.05, 4.69) is 83.0 Å². The van der Waals surface area contributed by atoms with Crippen LogP contribution in [0.2, 0.25) is 0 Å². The van der Waals surface area contributed by atoms with Crippen LogP contribution in [0.4, 0.5) is 0 Å². The van der Waals surface area contributed by atoms with Gasteiger partial charge < -0.3 is 0 Å². The molecule has 0 aliphatic carbocycles. The molecule has 0 heterocycles. The number of benzene rings is 4. The van der Waals surface area contributed by atoms with Crippen LogP contribution in [0, 0.1) is 0 Å². The highest BCUT2D eigenvalue weighted by Crippen LogP contribution is 2.17. The van der Waals surface area contributed by atoms with Crippen molar-refractivity contribution in [1.82, 2.24) is 0 Å². The summed E-state index contributed by atoms with van der Waals surface area (Å²) in [6.07, 6.45) is 0. The molecular weight excluding hydrogens is 316 g/mol. The van der Waals surface area contributed by atoms with Crippen molar-refractivity contribution in [2.45, 2.75) is 0 Å². The van der Waals surface area contributed by atoms with E-state index in [0.29, 0.717) is 0 Å². The minimum atomic E-state index is 1.13. The van der Waals surface area contributed by atoms with E-state index in [4.69, 9.17) is 0 Å². The highest BCUT2D eigenvalue weighted by molar-refractivity contribution is 6.35. The Kier molecular flexibility index (Phi) is 5.97. The van der Waals surface area contributed by atoms with Gasteiger partial charge in [-0.3, -0.25) is 0 Å². The van der Waals surface area contributed by atoms with Crippen LogP contribution in [0.5, 0.6) is 0 Å². The fourth-order valence-corrected chi connectivity index (χ4v) is 2.94. The molecule has 0 amide bonds. The van der Waals surface area contributed by atoms with Gasteiger partial charge >= 0.3 is 0 Å². The lowest BCUT2D eigenvalue weighted by molar-refractivity contribution is 1.62. The van der Waals surface area contributed by atoms with Crippen LogP contribution in [0.25, 0.3) is 22.3 Å². The Morgan fingerprint density at radius 3 is 1.16 bits per heavy atom. The molecule has 3 radical (unpaired) electrons. The number of hydrogen-bond donors (Lipinski definition) is 0. The van der Waals surface area contributed by atoms with Gasteiger partial charge in [0.1, 0.15) is 0 Å². The Labute approximate surface area is 153 Å². The van der Waals surface area contributed by atoms with Crippen molar-refractivity contribution >= 4 is 15.4 Å². The molecule has 0 fully saturated rings. The predicted octanol–water partition coefficient (Wildman–Crippen LogP) is 5.50. The van der Waals surface area contributed by atoms with Gasteiger partial charge in [0, 0.05) is 0 Å². The second-order valence-corrected chi connectivity index (χ2v) is 6.18. The van der Waals surface area contributed by atoms with Crippen molar-refractivity contribution in [1.29, 1.82) is 0 Å². The van der Waals surface area contributed by atoms with E-state index in [1.165, 1.54) is 22.3 Å². The summed E-state index contributed by atoms with van der Waals surface area (Å²) < 4.78 is 0. The second-order valence-electron chi connectivity index (χ2n) is 5.64. The topological polar surface area (TPSA) is 0 Å². The molecule has 4 rings (SSSR count). The van der Waals surface area contributed by atoms with Gasteiger partial charge in [-0.25, -0.2) is 0 Å². The van der Waals surface area contributed by atoms with E-state index in [9.17, 15) is 0 Å². The summed E-state index contributed by atoms with van der Waals surface area (Å²) in [5, 5.41) is 1.13. The van der Waals surface area contributed by atoms with Crippen molar-refractivity contribution in [2.24, 2.45) is 0 Å².